The highest BCUT2D eigenvalue weighted by molar-refractivity contribution is 9.10. The van der Waals surface area contributed by atoms with Gasteiger partial charge in [-0.25, -0.2) is 0 Å². The zero-order chi connectivity index (χ0) is 11.5. The van der Waals surface area contributed by atoms with Crippen LogP contribution < -0.4 is 0 Å². The number of hydrogen-bond donors (Lipinski definition) is 1. The molecule has 0 spiro atoms. The molecule has 0 unspecified atom stereocenters. The minimum absolute atomic E-state index is 0.187. The number of carboxylic acids is 1. The van der Waals surface area contributed by atoms with E-state index in [-0.39, 0.29) is 12.2 Å². The molecule has 1 heterocycles. The van der Waals surface area contributed by atoms with Crippen molar-refractivity contribution in [1.82, 2.24) is 20.2 Å². The minimum atomic E-state index is -0.978. The second-order valence-electron chi connectivity index (χ2n) is 3.05. The van der Waals surface area contributed by atoms with Crippen molar-refractivity contribution in [1.29, 1.82) is 0 Å². The van der Waals surface area contributed by atoms with Crippen LogP contribution in [-0.2, 0) is 11.2 Å². The van der Waals surface area contributed by atoms with Crippen LogP contribution in [0.3, 0.4) is 0 Å². The summed E-state index contributed by atoms with van der Waals surface area (Å²) in [4.78, 5) is 11.7. The van der Waals surface area contributed by atoms with Gasteiger partial charge in [-0.1, -0.05) is 22.0 Å². The summed E-state index contributed by atoms with van der Waals surface area (Å²) < 4.78 is 0.891. The van der Waals surface area contributed by atoms with Crippen LogP contribution in [-0.4, -0.2) is 31.3 Å². The van der Waals surface area contributed by atoms with E-state index in [4.69, 9.17) is 5.11 Å². The van der Waals surface area contributed by atoms with E-state index in [9.17, 15) is 4.79 Å². The molecule has 1 aromatic heterocycles. The number of carbonyl (C=O) groups is 1. The lowest BCUT2D eigenvalue weighted by Gasteiger charge is -1.97. The molecule has 0 saturated carbocycles. The summed E-state index contributed by atoms with van der Waals surface area (Å²) in [6, 6.07) is 7.32. The van der Waals surface area contributed by atoms with Gasteiger partial charge >= 0.3 is 5.97 Å². The average Bonchev–Trinajstić information content (AvgIpc) is 2.65. The van der Waals surface area contributed by atoms with E-state index >= 15 is 0 Å². The highest BCUT2D eigenvalue weighted by Crippen LogP contribution is 2.13. The fourth-order valence-corrected chi connectivity index (χ4v) is 1.55. The molecule has 0 atom stereocenters. The van der Waals surface area contributed by atoms with Gasteiger partial charge in [-0.05, 0) is 23.4 Å². The number of tetrazole rings is 1. The van der Waals surface area contributed by atoms with Crippen molar-refractivity contribution in [3.8, 4) is 5.69 Å². The van der Waals surface area contributed by atoms with E-state index in [1.54, 1.807) is 6.07 Å². The first-order chi connectivity index (χ1) is 7.65. The molecule has 0 aliphatic heterocycles. The van der Waals surface area contributed by atoms with Crippen LogP contribution in [0.15, 0.2) is 28.7 Å². The maximum Gasteiger partial charge on any atom is 0.311 e. The normalized spacial score (nSPS) is 10.3. The fourth-order valence-electron chi connectivity index (χ4n) is 1.16. The number of rotatable bonds is 3. The quantitative estimate of drug-likeness (QED) is 0.910. The maximum atomic E-state index is 10.4. The Morgan fingerprint density at radius 3 is 3.00 bits per heavy atom. The zero-order valence-corrected chi connectivity index (χ0v) is 9.62. The van der Waals surface area contributed by atoms with Crippen molar-refractivity contribution in [2.75, 3.05) is 0 Å². The van der Waals surface area contributed by atoms with E-state index in [0.717, 1.165) is 10.2 Å². The summed E-state index contributed by atoms with van der Waals surface area (Å²) in [7, 11) is 0. The molecule has 0 amide bonds. The van der Waals surface area contributed by atoms with Crippen molar-refractivity contribution in [2.24, 2.45) is 0 Å². The Morgan fingerprint density at radius 1 is 1.50 bits per heavy atom. The average molecular weight is 283 g/mol. The van der Waals surface area contributed by atoms with Crippen molar-refractivity contribution >= 4 is 21.9 Å². The first-order valence-corrected chi connectivity index (χ1v) is 5.21. The molecule has 1 N–H and O–H groups in total. The number of aromatic nitrogens is 4. The standard InChI is InChI=1S/C9H7BrN4O2/c10-6-2-1-3-7(4-6)14-12-8(11-13-14)5-9(15)16/h1-4H,5H2,(H,15,16). The lowest BCUT2D eigenvalue weighted by molar-refractivity contribution is -0.136. The van der Waals surface area contributed by atoms with Crippen LogP contribution >= 0.6 is 15.9 Å². The molecule has 2 aromatic rings. The van der Waals surface area contributed by atoms with Gasteiger partial charge < -0.3 is 5.11 Å². The molecule has 2 rings (SSSR count). The third-order valence-corrected chi connectivity index (χ3v) is 2.30. The van der Waals surface area contributed by atoms with Crippen molar-refractivity contribution < 1.29 is 9.90 Å². The third kappa shape index (κ3) is 2.43. The largest absolute Gasteiger partial charge is 0.481 e. The molecule has 1 aromatic carbocycles. The van der Waals surface area contributed by atoms with Gasteiger partial charge in [0.2, 0.25) is 0 Å². The fraction of sp³-hybridized carbons (Fsp3) is 0.111. The van der Waals surface area contributed by atoms with E-state index in [2.05, 4.69) is 31.3 Å². The Morgan fingerprint density at radius 2 is 2.31 bits per heavy atom. The van der Waals surface area contributed by atoms with Gasteiger partial charge in [-0.3, -0.25) is 4.79 Å². The van der Waals surface area contributed by atoms with Crippen molar-refractivity contribution in [3.63, 3.8) is 0 Å². The topological polar surface area (TPSA) is 80.9 Å². The van der Waals surface area contributed by atoms with Gasteiger partial charge in [0.25, 0.3) is 0 Å². The molecule has 7 heteroatoms. The summed E-state index contributed by atoms with van der Waals surface area (Å²) in [5.74, 6) is -0.790. The van der Waals surface area contributed by atoms with E-state index < -0.39 is 5.97 Å². The Kier molecular flexibility index (Phi) is 2.95. The highest BCUT2D eigenvalue weighted by Gasteiger charge is 2.08. The van der Waals surface area contributed by atoms with Crippen LogP contribution in [0.25, 0.3) is 5.69 Å². The molecule has 0 saturated heterocycles. The van der Waals surface area contributed by atoms with Crippen molar-refractivity contribution in [2.45, 2.75) is 6.42 Å². The van der Waals surface area contributed by atoms with Crippen LogP contribution in [0.2, 0.25) is 0 Å². The molecule has 16 heavy (non-hydrogen) atoms. The van der Waals surface area contributed by atoms with Gasteiger partial charge in [0.05, 0.1) is 5.69 Å². The molecular formula is C9H7BrN4O2. The number of halogens is 1. The summed E-state index contributed by atoms with van der Waals surface area (Å²) in [6.45, 7) is 0. The molecule has 0 aliphatic rings. The van der Waals surface area contributed by atoms with Crippen LogP contribution in [0, 0.1) is 0 Å². The monoisotopic (exact) mass is 282 g/mol. The third-order valence-electron chi connectivity index (χ3n) is 1.80. The Bertz CT molecular complexity index is 526. The van der Waals surface area contributed by atoms with E-state index in [1.165, 1.54) is 4.80 Å². The predicted molar refractivity (Wildman–Crippen MR) is 58.2 cm³/mol. The number of carboxylic acid groups (broad SMARTS) is 1. The van der Waals surface area contributed by atoms with Crippen molar-refractivity contribution in [3.05, 3.63) is 34.6 Å². The number of benzene rings is 1. The first kappa shape index (κ1) is 10.7. The Balaban J connectivity index is 2.28. The van der Waals surface area contributed by atoms with Gasteiger partial charge in [-0.15, -0.1) is 15.0 Å². The van der Waals surface area contributed by atoms with Crippen LogP contribution in [0.1, 0.15) is 5.82 Å². The van der Waals surface area contributed by atoms with Gasteiger partial charge in [0, 0.05) is 4.47 Å². The Labute approximate surface area is 99.0 Å². The SMILES string of the molecule is O=C(O)Cc1nnn(-c2cccc(Br)c2)n1. The lowest BCUT2D eigenvalue weighted by atomic mass is 10.3. The van der Waals surface area contributed by atoms with E-state index in [1.807, 2.05) is 18.2 Å². The summed E-state index contributed by atoms with van der Waals surface area (Å²) in [6.07, 6.45) is -0.228. The molecule has 6 nitrogen and oxygen atoms in total. The second-order valence-corrected chi connectivity index (χ2v) is 3.96. The van der Waals surface area contributed by atoms with E-state index in [0.29, 0.717) is 0 Å². The van der Waals surface area contributed by atoms with Crippen LogP contribution in [0.5, 0.6) is 0 Å². The minimum Gasteiger partial charge on any atom is -0.481 e. The van der Waals surface area contributed by atoms with Gasteiger partial charge in [0.1, 0.15) is 6.42 Å². The van der Waals surface area contributed by atoms with Gasteiger partial charge in [0.15, 0.2) is 5.82 Å². The summed E-state index contributed by atoms with van der Waals surface area (Å²) in [5, 5.41) is 19.9. The van der Waals surface area contributed by atoms with Gasteiger partial charge in [-0.2, -0.15) is 0 Å². The first-order valence-electron chi connectivity index (χ1n) is 4.42. The molecule has 0 aliphatic carbocycles. The molecule has 0 radical (unpaired) electrons. The molecule has 0 bridgehead atoms. The summed E-state index contributed by atoms with van der Waals surface area (Å²) >= 11 is 3.32. The smallest absolute Gasteiger partial charge is 0.311 e. The number of aliphatic carboxylic acids is 1. The molecular weight excluding hydrogens is 276 g/mol. The maximum absolute atomic E-state index is 10.4. The lowest BCUT2D eigenvalue weighted by Crippen LogP contribution is -2.03. The molecule has 0 fully saturated rings. The predicted octanol–water partition coefficient (Wildman–Crippen LogP) is 1.05. The number of hydrogen-bond acceptors (Lipinski definition) is 4. The number of nitrogens with zero attached hydrogens (tertiary/aromatic N) is 4. The second kappa shape index (κ2) is 4.40. The highest BCUT2D eigenvalue weighted by atomic mass is 79.9. The zero-order valence-electron chi connectivity index (χ0n) is 8.04. The summed E-state index contributed by atoms with van der Waals surface area (Å²) in [5.41, 5.74) is 0.721. The Hall–Kier alpha value is -1.76. The van der Waals surface area contributed by atoms with Crippen LogP contribution in [0.4, 0.5) is 0 Å². The molecule has 82 valence electrons.